The maximum absolute atomic E-state index is 12.7. The minimum Gasteiger partial charge on any atom is -0.465 e. The van der Waals surface area contributed by atoms with E-state index in [9.17, 15) is 19.7 Å². The van der Waals surface area contributed by atoms with Crippen LogP contribution in [0, 0.1) is 24.0 Å². The summed E-state index contributed by atoms with van der Waals surface area (Å²) in [6, 6.07) is 12.8. The van der Waals surface area contributed by atoms with Crippen LogP contribution in [0.25, 0.3) is 0 Å². The van der Waals surface area contributed by atoms with E-state index in [0.717, 1.165) is 0 Å². The fourth-order valence-corrected chi connectivity index (χ4v) is 3.17. The van der Waals surface area contributed by atoms with Crippen LogP contribution >= 0.6 is 0 Å². The number of nitro benzene ring substituents is 1. The summed E-state index contributed by atoms with van der Waals surface area (Å²) < 4.78 is 6.48. The van der Waals surface area contributed by atoms with Crippen LogP contribution in [-0.2, 0) is 11.3 Å². The van der Waals surface area contributed by atoms with Crippen LogP contribution in [0.2, 0.25) is 0 Å². The molecule has 0 saturated carbocycles. The Labute approximate surface area is 172 Å². The highest BCUT2D eigenvalue weighted by molar-refractivity contribution is 6.07. The number of para-hydroxylation sites is 1. The summed E-state index contributed by atoms with van der Waals surface area (Å²) in [5, 5.41) is 18.4. The second kappa shape index (κ2) is 8.56. The van der Waals surface area contributed by atoms with Gasteiger partial charge in [-0.05, 0) is 31.5 Å². The number of carbonyl (C=O) groups is 2. The van der Waals surface area contributed by atoms with Gasteiger partial charge < -0.3 is 10.1 Å². The van der Waals surface area contributed by atoms with E-state index in [0.29, 0.717) is 34.7 Å². The van der Waals surface area contributed by atoms with Gasteiger partial charge in [0.15, 0.2) is 0 Å². The third-order valence-electron chi connectivity index (χ3n) is 4.71. The zero-order chi connectivity index (χ0) is 21.8. The minimum atomic E-state index is -0.595. The molecule has 0 fully saturated rings. The summed E-state index contributed by atoms with van der Waals surface area (Å²) >= 11 is 0. The Hall–Kier alpha value is -4.01. The van der Waals surface area contributed by atoms with Gasteiger partial charge in [-0.15, -0.1) is 0 Å². The molecule has 1 N–H and O–H groups in total. The molecule has 3 aromatic rings. The van der Waals surface area contributed by atoms with E-state index in [-0.39, 0.29) is 11.3 Å². The Kier molecular flexibility index (Phi) is 5.91. The van der Waals surface area contributed by atoms with Gasteiger partial charge in [0.2, 0.25) is 0 Å². The largest absolute Gasteiger partial charge is 0.465 e. The molecule has 0 aliphatic heterocycles. The second-order valence-electron chi connectivity index (χ2n) is 6.58. The molecule has 0 aliphatic carbocycles. The molecule has 0 bridgehead atoms. The van der Waals surface area contributed by atoms with Crippen molar-refractivity contribution in [1.82, 2.24) is 9.78 Å². The molecule has 1 heterocycles. The summed E-state index contributed by atoms with van der Waals surface area (Å²) in [6.07, 6.45) is 0. The van der Waals surface area contributed by atoms with Crippen molar-refractivity contribution in [2.75, 3.05) is 12.4 Å². The molecule has 2 aromatic carbocycles. The molecule has 1 aromatic heterocycles. The fraction of sp³-hybridized carbons (Fsp3) is 0.190. The highest BCUT2D eigenvalue weighted by Crippen LogP contribution is 2.24. The van der Waals surface area contributed by atoms with Gasteiger partial charge in [-0.25, -0.2) is 4.79 Å². The summed E-state index contributed by atoms with van der Waals surface area (Å²) in [6.45, 7) is 3.79. The quantitative estimate of drug-likeness (QED) is 0.379. The maximum Gasteiger partial charge on any atom is 0.338 e. The highest BCUT2D eigenvalue weighted by atomic mass is 16.6. The van der Waals surface area contributed by atoms with Gasteiger partial charge in [-0.1, -0.05) is 30.3 Å². The van der Waals surface area contributed by atoms with Crippen LogP contribution in [0.3, 0.4) is 0 Å². The highest BCUT2D eigenvalue weighted by Gasteiger charge is 2.22. The Morgan fingerprint density at radius 1 is 1.10 bits per heavy atom. The number of anilines is 1. The SMILES string of the molecule is COC(=O)c1ccccc1Cn1nc(C)c(NC(=O)c2ccccc2[N+](=O)[O-])c1C. The van der Waals surface area contributed by atoms with Crippen LogP contribution in [0.15, 0.2) is 48.5 Å². The Morgan fingerprint density at radius 3 is 2.40 bits per heavy atom. The molecule has 9 heteroatoms. The number of nitrogens with one attached hydrogen (secondary N) is 1. The number of methoxy groups -OCH3 is 1. The molecule has 0 atom stereocenters. The second-order valence-corrected chi connectivity index (χ2v) is 6.58. The van der Waals surface area contributed by atoms with E-state index in [1.54, 1.807) is 42.8 Å². The van der Waals surface area contributed by atoms with Crippen molar-refractivity contribution < 1.29 is 19.2 Å². The van der Waals surface area contributed by atoms with Crippen LogP contribution < -0.4 is 5.32 Å². The fourth-order valence-electron chi connectivity index (χ4n) is 3.17. The zero-order valence-electron chi connectivity index (χ0n) is 16.7. The normalized spacial score (nSPS) is 10.5. The van der Waals surface area contributed by atoms with Crippen LogP contribution in [0.4, 0.5) is 11.4 Å². The van der Waals surface area contributed by atoms with Gasteiger partial charge in [0.05, 0.1) is 41.2 Å². The molecule has 154 valence electrons. The van der Waals surface area contributed by atoms with Crippen LogP contribution in [-0.4, -0.2) is 33.7 Å². The first-order valence-electron chi connectivity index (χ1n) is 9.08. The van der Waals surface area contributed by atoms with Crippen LogP contribution in [0.5, 0.6) is 0 Å². The number of hydrogen-bond donors (Lipinski definition) is 1. The Bertz CT molecular complexity index is 1140. The number of nitro groups is 1. The molecule has 0 spiro atoms. The van der Waals surface area contributed by atoms with Crippen molar-refractivity contribution in [3.8, 4) is 0 Å². The van der Waals surface area contributed by atoms with Crippen molar-refractivity contribution in [1.29, 1.82) is 0 Å². The van der Waals surface area contributed by atoms with Gasteiger partial charge in [-0.2, -0.15) is 5.10 Å². The number of aromatic nitrogens is 2. The number of aryl methyl sites for hydroxylation is 1. The number of esters is 1. The molecule has 0 saturated heterocycles. The number of hydrogen-bond acceptors (Lipinski definition) is 6. The van der Waals surface area contributed by atoms with Crippen molar-refractivity contribution in [2.45, 2.75) is 20.4 Å². The number of benzene rings is 2. The van der Waals surface area contributed by atoms with Crippen molar-refractivity contribution in [2.24, 2.45) is 0 Å². The van der Waals surface area contributed by atoms with Gasteiger partial charge in [0.1, 0.15) is 5.56 Å². The average molecular weight is 408 g/mol. The summed E-state index contributed by atoms with van der Waals surface area (Å²) in [5.74, 6) is -1.04. The Balaban J connectivity index is 1.90. The summed E-state index contributed by atoms with van der Waals surface area (Å²) in [4.78, 5) is 35.3. The number of rotatable bonds is 6. The first-order valence-corrected chi connectivity index (χ1v) is 9.08. The lowest BCUT2D eigenvalue weighted by atomic mass is 10.1. The van der Waals surface area contributed by atoms with Gasteiger partial charge >= 0.3 is 5.97 Å². The molecule has 0 aliphatic rings. The molecule has 3 rings (SSSR count). The summed E-state index contributed by atoms with van der Waals surface area (Å²) in [5.41, 5.74) is 2.50. The molecule has 1 amide bonds. The minimum absolute atomic E-state index is 0.0370. The predicted molar refractivity (Wildman–Crippen MR) is 110 cm³/mol. The topological polar surface area (TPSA) is 116 Å². The molecule has 30 heavy (non-hydrogen) atoms. The van der Waals surface area contributed by atoms with Crippen molar-refractivity contribution in [3.63, 3.8) is 0 Å². The molecule has 0 radical (unpaired) electrons. The first kappa shape index (κ1) is 20.7. The van der Waals surface area contributed by atoms with Crippen LogP contribution in [0.1, 0.15) is 37.7 Å². The smallest absolute Gasteiger partial charge is 0.338 e. The lowest BCUT2D eigenvalue weighted by Crippen LogP contribution is -2.15. The number of ether oxygens (including phenoxy) is 1. The van der Waals surface area contributed by atoms with E-state index in [4.69, 9.17) is 4.74 Å². The average Bonchev–Trinajstić information content (AvgIpc) is 3.00. The lowest BCUT2D eigenvalue weighted by molar-refractivity contribution is -0.385. The predicted octanol–water partition coefficient (Wildman–Crippen LogP) is 3.50. The first-order chi connectivity index (χ1) is 14.3. The van der Waals surface area contributed by atoms with Gasteiger partial charge in [-0.3, -0.25) is 19.6 Å². The van der Waals surface area contributed by atoms with Crippen molar-refractivity contribution >= 4 is 23.3 Å². The third kappa shape index (κ3) is 4.04. The molecular formula is C21H20N4O5. The van der Waals surface area contributed by atoms with E-state index in [1.165, 1.54) is 25.3 Å². The van der Waals surface area contributed by atoms with E-state index < -0.39 is 16.8 Å². The Morgan fingerprint density at radius 2 is 1.73 bits per heavy atom. The number of amides is 1. The molecular weight excluding hydrogens is 388 g/mol. The van der Waals surface area contributed by atoms with E-state index in [2.05, 4.69) is 10.4 Å². The maximum atomic E-state index is 12.7. The number of carbonyl (C=O) groups excluding carboxylic acids is 2. The zero-order valence-corrected chi connectivity index (χ0v) is 16.7. The number of nitrogens with zero attached hydrogens (tertiary/aromatic N) is 3. The van der Waals surface area contributed by atoms with E-state index in [1.807, 2.05) is 6.07 Å². The van der Waals surface area contributed by atoms with Gasteiger partial charge in [0, 0.05) is 6.07 Å². The van der Waals surface area contributed by atoms with E-state index >= 15 is 0 Å². The van der Waals surface area contributed by atoms with Gasteiger partial charge in [0.25, 0.3) is 11.6 Å². The molecule has 0 unspecified atom stereocenters. The monoisotopic (exact) mass is 408 g/mol. The summed E-state index contributed by atoms with van der Waals surface area (Å²) in [7, 11) is 1.32. The lowest BCUT2D eigenvalue weighted by Gasteiger charge is -2.10. The molecule has 9 nitrogen and oxygen atoms in total. The third-order valence-corrected chi connectivity index (χ3v) is 4.71. The standard InChI is InChI=1S/C21H20N4O5/c1-13-19(22-20(26)17-10-6-7-11-18(17)25(28)29)14(2)24(23-13)12-15-8-4-5-9-16(15)21(27)30-3/h4-11H,12H2,1-3H3,(H,22,26). The van der Waals surface area contributed by atoms with Crippen molar-refractivity contribution in [3.05, 3.63) is 86.7 Å².